The van der Waals surface area contributed by atoms with E-state index in [1.54, 1.807) is 48.5 Å². The van der Waals surface area contributed by atoms with Crippen LogP contribution >= 0.6 is 0 Å². The molecular weight excluding hydrogens is 438 g/mol. The number of fused-ring (bicyclic) bond motifs is 1. The molecule has 0 aliphatic rings. The predicted molar refractivity (Wildman–Crippen MR) is 116 cm³/mol. The minimum atomic E-state index is -4.03. The van der Waals surface area contributed by atoms with Crippen molar-refractivity contribution in [2.75, 3.05) is 14.2 Å². The zero-order valence-corrected chi connectivity index (χ0v) is 18.4. The van der Waals surface area contributed by atoms with Gasteiger partial charge in [-0.3, -0.25) is 9.19 Å². The molecule has 2 aromatic carbocycles. The smallest absolute Gasteiger partial charge is 0.270 e. The van der Waals surface area contributed by atoms with E-state index in [1.807, 2.05) is 0 Å². The van der Waals surface area contributed by atoms with Gasteiger partial charge in [0.1, 0.15) is 0 Å². The molecule has 0 aliphatic heterocycles. The molecule has 0 saturated carbocycles. The van der Waals surface area contributed by atoms with Crippen molar-refractivity contribution in [2.45, 2.75) is 15.8 Å². The van der Waals surface area contributed by atoms with Crippen LogP contribution in [0.3, 0.4) is 0 Å². The topological polar surface area (TPSA) is 100 Å². The maximum absolute atomic E-state index is 13.4. The molecule has 31 heavy (non-hydrogen) atoms. The van der Waals surface area contributed by atoms with Crippen molar-refractivity contribution in [3.63, 3.8) is 0 Å². The highest BCUT2D eigenvalue weighted by Crippen LogP contribution is 2.31. The zero-order chi connectivity index (χ0) is 22.0. The van der Waals surface area contributed by atoms with E-state index in [0.29, 0.717) is 28.2 Å². The van der Waals surface area contributed by atoms with Crippen LogP contribution in [0, 0.1) is 0 Å². The monoisotopic (exact) mass is 457 g/mol. The van der Waals surface area contributed by atoms with Crippen LogP contribution < -0.4 is 9.47 Å². The molecule has 2 heterocycles. The predicted octanol–water partition coefficient (Wildman–Crippen LogP) is 2.99. The molecule has 1 atom stereocenters. The summed E-state index contributed by atoms with van der Waals surface area (Å²) in [6, 6.07) is 16.4. The molecule has 1 unspecified atom stereocenters. The van der Waals surface area contributed by atoms with Crippen molar-refractivity contribution < 1.29 is 22.1 Å². The second kappa shape index (κ2) is 8.48. The Labute approximate surface area is 182 Å². The summed E-state index contributed by atoms with van der Waals surface area (Å²) in [5, 5.41) is -0.0864. The van der Waals surface area contributed by atoms with Crippen molar-refractivity contribution in [1.29, 1.82) is 0 Å². The fourth-order valence-corrected chi connectivity index (χ4v) is 6.18. The standard InChI is InChI=1S/C21H19N3O5S2/c1-28-19-12-13-22-17(20(19)29-2)14-30(25)21-23-16-10-6-7-11-18(16)24(21)31(26,27)15-8-4-3-5-9-15/h3-13H,14H2,1-2H3. The van der Waals surface area contributed by atoms with E-state index in [-0.39, 0.29) is 15.8 Å². The molecule has 160 valence electrons. The van der Waals surface area contributed by atoms with Gasteiger partial charge < -0.3 is 9.47 Å². The van der Waals surface area contributed by atoms with Gasteiger partial charge in [-0.1, -0.05) is 30.3 Å². The maximum atomic E-state index is 13.4. The number of nitrogens with zero attached hydrogens (tertiary/aromatic N) is 3. The molecule has 4 aromatic rings. The number of methoxy groups -OCH3 is 2. The average Bonchev–Trinajstić information content (AvgIpc) is 3.20. The first-order valence-electron chi connectivity index (χ1n) is 9.19. The van der Waals surface area contributed by atoms with Crippen molar-refractivity contribution in [1.82, 2.24) is 13.9 Å². The second-order valence-electron chi connectivity index (χ2n) is 6.45. The molecule has 0 spiro atoms. The largest absolute Gasteiger partial charge is 0.493 e. The molecule has 0 aliphatic carbocycles. The third-order valence-corrected chi connectivity index (χ3v) is 7.66. The summed E-state index contributed by atoms with van der Waals surface area (Å²) in [6.07, 6.45) is 1.51. The molecule has 0 radical (unpaired) electrons. The van der Waals surface area contributed by atoms with Gasteiger partial charge in [0, 0.05) is 12.3 Å². The van der Waals surface area contributed by atoms with Crippen LogP contribution in [0.2, 0.25) is 0 Å². The highest BCUT2D eigenvalue weighted by atomic mass is 32.2. The minimum absolute atomic E-state index is 0.0773. The maximum Gasteiger partial charge on any atom is 0.270 e. The molecule has 0 fully saturated rings. The van der Waals surface area contributed by atoms with E-state index in [9.17, 15) is 12.6 Å². The summed E-state index contributed by atoms with van der Waals surface area (Å²) in [5.41, 5.74) is 1.15. The molecule has 8 nitrogen and oxygen atoms in total. The summed E-state index contributed by atoms with van der Waals surface area (Å²) in [6.45, 7) is 0. The van der Waals surface area contributed by atoms with Crippen LogP contribution in [0.4, 0.5) is 0 Å². The molecule has 0 bridgehead atoms. The van der Waals surface area contributed by atoms with E-state index < -0.39 is 20.8 Å². The molecule has 0 saturated heterocycles. The lowest BCUT2D eigenvalue weighted by Crippen LogP contribution is -2.17. The fraction of sp³-hybridized carbons (Fsp3) is 0.143. The van der Waals surface area contributed by atoms with Crippen LogP contribution in [0.1, 0.15) is 5.69 Å². The van der Waals surface area contributed by atoms with Crippen LogP contribution in [-0.2, 0) is 26.6 Å². The van der Waals surface area contributed by atoms with Gasteiger partial charge in [0.25, 0.3) is 10.0 Å². The number of pyridine rings is 1. The van der Waals surface area contributed by atoms with Gasteiger partial charge in [0.05, 0.1) is 52.4 Å². The normalized spacial score (nSPS) is 12.6. The van der Waals surface area contributed by atoms with Gasteiger partial charge in [-0.25, -0.2) is 17.4 Å². The lowest BCUT2D eigenvalue weighted by Gasteiger charge is -2.12. The Kier molecular flexibility index (Phi) is 5.75. The van der Waals surface area contributed by atoms with Crippen molar-refractivity contribution in [2.24, 2.45) is 0 Å². The number of rotatable bonds is 7. The van der Waals surface area contributed by atoms with E-state index in [0.717, 1.165) is 3.97 Å². The number of hydrogen-bond donors (Lipinski definition) is 0. The molecule has 4 rings (SSSR count). The Morgan fingerprint density at radius 2 is 1.68 bits per heavy atom. The Bertz CT molecular complexity index is 1370. The van der Waals surface area contributed by atoms with Crippen molar-refractivity contribution in [3.8, 4) is 11.5 Å². The van der Waals surface area contributed by atoms with E-state index in [1.165, 1.54) is 32.5 Å². The fourth-order valence-electron chi connectivity index (χ4n) is 3.20. The van der Waals surface area contributed by atoms with E-state index in [2.05, 4.69) is 9.97 Å². The van der Waals surface area contributed by atoms with Gasteiger partial charge >= 0.3 is 0 Å². The lowest BCUT2D eigenvalue weighted by molar-refractivity contribution is 0.350. The first-order valence-corrected chi connectivity index (χ1v) is 12.0. The Hall–Kier alpha value is -3.24. The van der Waals surface area contributed by atoms with Crippen LogP contribution in [0.15, 0.2) is 76.9 Å². The van der Waals surface area contributed by atoms with Crippen molar-refractivity contribution >= 4 is 31.9 Å². The third kappa shape index (κ3) is 3.79. The van der Waals surface area contributed by atoms with Gasteiger partial charge in [-0.15, -0.1) is 0 Å². The van der Waals surface area contributed by atoms with E-state index >= 15 is 0 Å². The van der Waals surface area contributed by atoms with E-state index in [4.69, 9.17) is 9.47 Å². The molecule has 0 N–H and O–H groups in total. The van der Waals surface area contributed by atoms with Crippen LogP contribution in [0.5, 0.6) is 11.5 Å². The van der Waals surface area contributed by atoms with Crippen molar-refractivity contribution in [3.05, 3.63) is 72.6 Å². The number of benzene rings is 2. The molecule has 0 amide bonds. The first-order chi connectivity index (χ1) is 15.0. The zero-order valence-electron chi connectivity index (χ0n) is 16.8. The number of aromatic nitrogens is 3. The van der Waals surface area contributed by atoms with Crippen LogP contribution in [-0.4, -0.2) is 40.8 Å². The quantitative estimate of drug-likeness (QED) is 0.420. The average molecular weight is 458 g/mol. The number of hydrogen-bond acceptors (Lipinski definition) is 7. The Balaban J connectivity index is 1.86. The summed E-state index contributed by atoms with van der Waals surface area (Å²) < 4.78 is 51.9. The molecule has 10 heteroatoms. The lowest BCUT2D eigenvalue weighted by atomic mass is 10.3. The highest BCUT2D eigenvalue weighted by molar-refractivity contribution is 7.91. The van der Waals surface area contributed by atoms with Gasteiger partial charge in [0.2, 0.25) is 5.16 Å². The van der Waals surface area contributed by atoms with Gasteiger partial charge in [0.15, 0.2) is 11.5 Å². The summed E-state index contributed by atoms with van der Waals surface area (Å²) in [7, 11) is -2.93. The Morgan fingerprint density at radius 3 is 2.39 bits per heavy atom. The number of ether oxygens (including phenoxy) is 2. The SMILES string of the molecule is COc1ccnc(CS(=O)c2nc3ccccc3n2S(=O)(=O)c2ccccc2)c1OC. The number of para-hydroxylation sites is 2. The summed E-state index contributed by atoms with van der Waals surface area (Å²) in [5.74, 6) is 0.676. The Morgan fingerprint density at radius 1 is 0.968 bits per heavy atom. The number of imidazole rings is 1. The molecule has 2 aromatic heterocycles. The second-order valence-corrected chi connectivity index (χ2v) is 9.58. The van der Waals surface area contributed by atoms with Gasteiger partial charge in [-0.2, -0.15) is 0 Å². The summed E-state index contributed by atoms with van der Waals surface area (Å²) >= 11 is 0. The third-order valence-electron chi connectivity index (χ3n) is 4.61. The van der Waals surface area contributed by atoms with Crippen LogP contribution in [0.25, 0.3) is 11.0 Å². The first kappa shape index (κ1) is 21.0. The van der Waals surface area contributed by atoms with Gasteiger partial charge in [-0.05, 0) is 24.3 Å². The molecular formula is C21H19N3O5S2. The highest BCUT2D eigenvalue weighted by Gasteiger charge is 2.28. The summed E-state index contributed by atoms with van der Waals surface area (Å²) in [4.78, 5) is 8.70. The minimum Gasteiger partial charge on any atom is -0.493 e.